The van der Waals surface area contributed by atoms with E-state index in [1.807, 2.05) is 48.5 Å². The molecule has 2 aromatic carbocycles. The predicted molar refractivity (Wildman–Crippen MR) is 85.1 cm³/mol. The van der Waals surface area contributed by atoms with E-state index >= 15 is 0 Å². The number of aromatic amines is 1. The van der Waals surface area contributed by atoms with Crippen LogP contribution in [0.3, 0.4) is 0 Å². The standard InChI is InChI=1S/C18H13NO3/c20-18-17-16(14-8-4-5-9-15(14)22-18)12(10-19-17)11-21-13-6-2-1-3-7-13/h1-10,19H,11H2. The first-order chi connectivity index (χ1) is 10.8. The van der Waals surface area contributed by atoms with E-state index in [9.17, 15) is 4.79 Å². The second-order valence-electron chi connectivity index (χ2n) is 5.05. The summed E-state index contributed by atoms with van der Waals surface area (Å²) in [4.78, 5) is 15.0. The lowest BCUT2D eigenvalue weighted by Gasteiger charge is -2.06. The van der Waals surface area contributed by atoms with Gasteiger partial charge in [-0.1, -0.05) is 36.4 Å². The first-order valence-corrected chi connectivity index (χ1v) is 7.02. The summed E-state index contributed by atoms with van der Waals surface area (Å²) in [7, 11) is 0. The third-order valence-corrected chi connectivity index (χ3v) is 3.66. The average molecular weight is 291 g/mol. The molecule has 0 aliphatic carbocycles. The van der Waals surface area contributed by atoms with Gasteiger partial charge in [0, 0.05) is 22.5 Å². The van der Waals surface area contributed by atoms with E-state index in [1.54, 1.807) is 12.3 Å². The molecule has 22 heavy (non-hydrogen) atoms. The summed E-state index contributed by atoms with van der Waals surface area (Å²) in [6, 6.07) is 17.1. The molecule has 0 aliphatic rings. The van der Waals surface area contributed by atoms with E-state index in [-0.39, 0.29) is 5.63 Å². The number of hydrogen-bond acceptors (Lipinski definition) is 3. The Morgan fingerprint density at radius 3 is 2.64 bits per heavy atom. The number of benzene rings is 2. The SMILES string of the molecule is O=c1oc2ccccc2c2c(COc3ccccc3)c[nH]c12. The third-order valence-electron chi connectivity index (χ3n) is 3.66. The lowest BCUT2D eigenvalue weighted by atomic mass is 10.1. The van der Waals surface area contributed by atoms with Gasteiger partial charge in [-0.15, -0.1) is 0 Å². The molecule has 0 atom stereocenters. The van der Waals surface area contributed by atoms with Gasteiger partial charge < -0.3 is 14.1 Å². The van der Waals surface area contributed by atoms with Crippen molar-refractivity contribution < 1.29 is 9.15 Å². The van der Waals surface area contributed by atoms with Gasteiger partial charge in [-0.2, -0.15) is 0 Å². The molecule has 1 N–H and O–H groups in total. The molecule has 2 aromatic heterocycles. The van der Waals surface area contributed by atoms with Crippen molar-refractivity contribution in [3.63, 3.8) is 0 Å². The van der Waals surface area contributed by atoms with E-state index in [0.717, 1.165) is 22.1 Å². The minimum Gasteiger partial charge on any atom is -0.489 e. The summed E-state index contributed by atoms with van der Waals surface area (Å²) in [6.45, 7) is 0.386. The highest BCUT2D eigenvalue weighted by atomic mass is 16.5. The van der Waals surface area contributed by atoms with E-state index in [0.29, 0.717) is 17.7 Å². The van der Waals surface area contributed by atoms with Gasteiger partial charge in [0.1, 0.15) is 23.5 Å². The van der Waals surface area contributed by atoms with Gasteiger partial charge in [0.25, 0.3) is 0 Å². The Hall–Kier alpha value is -3.01. The molecule has 0 radical (unpaired) electrons. The summed E-state index contributed by atoms with van der Waals surface area (Å²) in [5.74, 6) is 0.795. The quantitative estimate of drug-likeness (QED) is 0.583. The van der Waals surface area contributed by atoms with Gasteiger partial charge in [0.15, 0.2) is 0 Å². The second kappa shape index (κ2) is 5.07. The van der Waals surface area contributed by atoms with E-state index in [1.165, 1.54) is 0 Å². The summed E-state index contributed by atoms with van der Waals surface area (Å²) < 4.78 is 11.1. The Labute approximate surface area is 126 Å². The molecule has 0 aliphatic heterocycles. The van der Waals surface area contributed by atoms with Gasteiger partial charge in [0.05, 0.1) is 0 Å². The molecule has 0 saturated heterocycles. The number of ether oxygens (including phenoxy) is 1. The van der Waals surface area contributed by atoms with Crippen LogP contribution < -0.4 is 10.4 Å². The van der Waals surface area contributed by atoms with Crippen LogP contribution in [-0.2, 0) is 6.61 Å². The number of para-hydroxylation sites is 2. The zero-order valence-electron chi connectivity index (χ0n) is 11.7. The van der Waals surface area contributed by atoms with Gasteiger partial charge in [-0.25, -0.2) is 4.79 Å². The van der Waals surface area contributed by atoms with Crippen molar-refractivity contribution in [2.45, 2.75) is 6.61 Å². The van der Waals surface area contributed by atoms with Crippen molar-refractivity contribution in [1.82, 2.24) is 4.98 Å². The molecule has 108 valence electrons. The van der Waals surface area contributed by atoms with Crippen molar-refractivity contribution >= 4 is 21.9 Å². The van der Waals surface area contributed by atoms with Gasteiger partial charge in [-0.05, 0) is 18.2 Å². The third kappa shape index (κ3) is 2.05. The molecule has 0 spiro atoms. The van der Waals surface area contributed by atoms with Crippen LogP contribution in [0.25, 0.3) is 21.9 Å². The van der Waals surface area contributed by atoms with Crippen molar-refractivity contribution in [3.8, 4) is 5.75 Å². The fourth-order valence-corrected chi connectivity index (χ4v) is 2.64. The first-order valence-electron chi connectivity index (χ1n) is 7.02. The maximum absolute atomic E-state index is 12.0. The minimum atomic E-state index is -0.361. The van der Waals surface area contributed by atoms with Crippen LogP contribution in [0.2, 0.25) is 0 Å². The number of rotatable bonds is 3. The number of aromatic nitrogens is 1. The second-order valence-corrected chi connectivity index (χ2v) is 5.05. The number of hydrogen-bond donors (Lipinski definition) is 1. The molecule has 4 nitrogen and oxygen atoms in total. The molecule has 0 bridgehead atoms. The monoisotopic (exact) mass is 291 g/mol. The zero-order chi connectivity index (χ0) is 14.9. The highest BCUT2D eigenvalue weighted by Gasteiger charge is 2.13. The predicted octanol–water partition coefficient (Wildman–Crippen LogP) is 3.85. The maximum atomic E-state index is 12.0. The Kier molecular flexibility index (Phi) is 2.93. The lowest BCUT2D eigenvalue weighted by molar-refractivity contribution is 0.308. The molecule has 0 fully saturated rings. The molecule has 4 rings (SSSR count). The normalized spacial score (nSPS) is 11.1. The van der Waals surface area contributed by atoms with Crippen LogP contribution in [0.1, 0.15) is 5.56 Å². The smallest absolute Gasteiger partial charge is 0.360 e. The van der Waals surface area contributed by atoms with Gasteiger partial charge in [0.2, 0.25) is 0 Å². The highest BCUT2D eigenvalue weighted by Crippen LogP contribution is 2.26. The van der Waals surface area contributed by atoms with Crippen LogP contribution in [0.4, 0.5) is 0 Å². The average Bonchev–Trinajstić information content (AvgIpc) is 2.99. The molecule has 0 amide bonds. The molecule has 4 aromatic rings. The van der Waals surface area contributed by atoms with Crippen LogP contribution >= 0.6 is 0 Å². The molecule has 0 unspecified atom stereocenters. The fraction of sp³-hybridized carbons (Fsp3) is 0.0556. The maximum Gasteiger partial charge on any atom is 0.360 e. The summed E-state index contributed by atoms with van der Waals surface area (Å²) >= 11 is 0. The van der Waals surface area contributed by atoms with Gasteiger partial charge >= 0.3 is 5.63 Å². The summed E-state index contributed by atoms with van der Waals surface area (Å²) in [6.07, 6.45) is 1.80. The molecule has 2 heterocycles. The summed E-state index contributed by atoms with van der Waals surface area (Å²) in [5.41, 5.74) is 1.63. The zero-order valence-corrected chi connectivity index (χ0v) is 11.7. The first kappa shape index (κ1) is 12.7. The molecular weight excluding hydrogens is 278 g/mol. The Morgan fingerprint density at radius 1 is 1.00 bits per heavy atom. The van der Waals surface area contributed by atoms with Crippen LogP contribution in [0, 0.1) is 0 Å². The number of H-pyrrole nitrogens is 1. The fourth-order valence-electron chi connectivity index (χ4n) is 2.64. The number of nitrogens with one attached hydrogen (secondary N) is 1. The largest absolute Gasteiger partial charge is 0.489 e. The Balaban J connectivity index is 1.83. The van der Waals surface area contributed by atoms with Crippen molar-refractivity contribution in [3.05, 3.63) is 76.8 Å². The van der Waals surface area contributed by atoms with Crippen molar-refractivity contribution in [1.29, 1.82) is 0 Å². The van der Waals surface area contributed by atoms with Crippen LogP contribution in [-0.4, -0.2) is 4.98 Å². The summed E-state index contributed by atoms with van der Waals surface area (Å²) in [5, 5.41) is 1.77. The van der Waals surface area contributed by atoms with Crippen molar-refractivity contribution in [2.75, 3.05) is 0 Å². The molecule has 0 saturated carbocycles. The lowest BCUT2D eigenvalue weighted by Crippen LogP contribution is -2.00. The van der Waals surface area contributed by atoms with Crippen LogP contribution in [0.15, 0.2) is 70.0 Å². The Morgan fingerprint density at radius 2 is 1.77 bits per heavy atom. The Bertz CT molecular complexity index is 999. The van der Waals surface area contributed by atoms with Crippen molar-refractivity contribution in [2.24, 2.45) is 0 Å². The molecule has 4 heteroatoms. The number of fused-ring (bicyclic) bond motifs is 3. The minimum absolute atomic E-state index is 0.361. The van der Waals surface area contributed by atoms with E-state index in [2.05, 4.69) is 4.98 Å². The topological polar surface area (TPSA) is 55.2 Å². The van der Waals surface area contributed by atoms with Crippen LogP contribution in [0.5, 0.6) is 5.75 Å². The molecular formula is C18H13NO3. The highest BCUT2D eigenvalue weighted by molar-refractivity contribution is 6.05. The van der Waals surface area contributed by atoms with Gasteiger partial charge in [-0.3, -0.25) is 0 Å². The van der Waals surface area contributed by atoms with E-state index < -0.39 is 0 Å². The van der Waals surface area contributed by atoms with E-state index in [4.69, 9.17) is 9.15 Å².